The summed E-state index contributed by atoms with van der Waals surface area (Å²) in [4.78, 5) is 13.5. The minimum Gasteiger partial charge on any atom is -0.477 e. The average molecular weight is 583 g/mol. The summed E-state index contributed by atoms with van der Waals surface area (Å²) in [7, 11) is -2.30. The van der Waals surface area contributed by atoms with Crippen molar-refractivity contribution in [2.45, 2.75) is 37.6 Å². The van der Waals surface area contributed by atoms with Crippen molar-refractivity contribution in [2.24, 2.45) is 13.0 Å². The Labute approximate surface area is 240 Å². The van der Waals surface area contributed by atoms with Gasteiger partial charge in [0, 0.05) is 48.6 Å². The molecule has 6 heterocycles. The predicted octanol–water partition coefficient (Wildman–Crippen LogP) is 4.04. The Morgan fingerprint density at radius 3 is 2.76 bits per heavy atom. The van der Waals surface area contributed by atoms with Crippen molar-refractivity contribution in [3.8, 4) is 17.1 Å². The van der Waals surface area contributed by atoms with E-state index in [4.69, 9.17) is 18.6 Å². The Morgan fingerprint density at radius 1 is 1.24 bits per heavy atom. The zero-order chi connectivity index (χ0) is 31.4. The summed E-state index contributed by atoms with van der Waals surface area (Å²) in [6.07, 6.45) is 6.42. The van der Waals surface area contributed by atoms with Crippen LogP contribution in [-0.4, -0.2) is 69.0 Å². The highest BCUT2D eigenvalue weighted by Crippen LogP contribution is 2.45. The molecular formula is C28H30FN7O4S. The minimum absolute atomic E-state index is 0.0886. The number of aromatic nitrogens is 7. The average Bonchev–Trinajstić information content (AvgIpc) is 3.53. The maximum absolute atomic E-state index is 15.7. The van der Waals surface area contributed by atoms with Gasteiger partial charge in [-0.3, -0.25) is 9.97 Å². The Balaban J connectivity index is 1.80. The Hall–Kier alpha value is -3.97. The van der Waals surface area contributed by atoms with Crippen molar-refractivity contribution in [1.29, 1.82) is 0 Å². The maximum Gasteiger partial charge on any atom is 0.225 e. The van der Waals surface area contributed by atoms with Crippen LogP contribution in [0.4, 0.5) is 4.39 Å². The first-order chi connectivity index (χ1) is 20.9. The van der Waals surface area contributed by atoms with Crippen molar-refractivity contribution >= 4 is 31.8 Å². The lowest BCUT2D eigenvalue weighted by Gasteiger charge is -2.32. The second-order valence-electron chi connectivity index (χ2n) is 9.99. The highest BCUT2D eigenvalue weighted by atomic mass is 32.2. The van der Waals surface area contributed by atoms with E-state index >= 15 is 4.39 Å². The molecule has 0 saturated carbocycles. The molecule has 6 rings (SSSR count). The van der Waals surface area contributed by atoms with Gasteiger partial charge in [-0.2, -0.15) is 0 Å². The number of hydrogen-bond acceptors (Lipinski definition) is 9. The monoisotopic (exact) mass is 582 g/mol. The summed E-state index contributed by atoms with van der Waals surface area (Å²) in [5.41, 5.74) is 1.51. The third-order valence-corrected chi connectivity index (χ3v) is 8.52. The summed E-state index contributed by atoms with van der Waals surface area (Å²) in [5.74, 6) is -0.594. The normalized spacial score (nSPS) is 16.9. The van der Waals surface area contributed by atoms with Crippen LogP contribution in [0.1, 0.15) is 41.3 Å². The van der Waals surface area contributed by atoms with Crippen molar-refractivity contribution in [2.75, 3.05) is 26.1 Å². The number of nitrogens with zero attached hydrogens (tertiary/aromatic N) is 7. The van der Waals surface area contributed by atoms with E-state index in [0.29, 0.717) is 48.0 Å². The lowest BCUT2D eigenvalue weighted by molar-refractivity contribution is 0.0542. The third kappa shape index (κ3) is 4.62. The molecule has 1 saturated heterocycles. The molecule has 1 atom stereocenters. The summed E-state index contributed by atoms with van der Waals surface area (Å²) in [5, 5.41) is 8.18. The number of pyridine rings is 3. The molecule has 0 aromatic carbocycles. The van der Waals surface area contributed by atoms with Crippen molar-refractivity contribution in [1.82, 2.24) is 34.5 Å². The van der Waals surface area contributed by atoms with Crippen LogP contribution < -0.4 is 4.74 Å². The van der Waals surface area contributed by atoms with Gasteiger partial charge in [-0.15, -0.1) is 5.10 Å². The first kappa shape index (κ1) is 23.7. The van der Waals surface area contributed by atoms with Crippen LogP contribution in [-0.2, 0) is 21.6 Å². The number of sulfone groups is 1. The molecule has 1 aliphatic heterocycles. The lowest BCUT2D eigenvalue weighted by Crippen LogP contribution is -2.28. The number of fused-ring (bicyclic) bond motifs is 3. The van der Waals surface area contributed by atoms with Gasteiger partial charge in [-0.05, 0) is 50.7 Å². The van der Waals surface area contributed by atoms with E-state index < -0.39 is 28.5 Å². The van der Waals surface area contributed by atoms with Gasteiger partial charge in [0.05, 0.1) is 52.3 Å². The predicted molar refractivity (Wildman–Crippen MR) is 150 cm³/mol. The van der Waals surface area contributed by atoms with E-state index in [2.05, 4.69) is 20.3 Å². The van der Waals surface area contributed by atoms with Crippen molar-refractivity contribution in [3.05, 3.63) is 54.0 Å². The van der Waals surface area contributed by atoms with E-state index in [-0.39, 0.29) is 45.9 Å². The molecule has 0 spiro atoms. The van der Waals surface area contributed by atoms with Gasteiger partial charge in [-0.1, -0.05) is 5.21 Å². The van der Waals surface area contributed by atoms with E-state index in [1.54, 1.807) is 24.6 Å². The molecule has 5 aromatic rings. The van der Waals surface area contributed by atoms with Crippen LogP contribution in [0.15, 0.2) is 41.7 Å². The number of rotatable bonds is 7. The van der Waals surface area contributed by atoms with Crippen molar-refractivity contribution < 1.29 is 26.4 Å². The fourth-order valence-electron chi connectivity index (χ4n) is 5.69. The smallest absolute Gasteiger partial charge is 0.225 e. The van der Waals surface area contributed by atoms with Gasteiger partial charge >= 0.3 is 0 Å². The Morgan fingerprint density at radius 2 is 2.05 bits per heavy atom. The molecule has 214 valence electrons. The van der Waals surface area contributed by atoms with Crippen LogP contribution in [0.2, 0.25) is 0 Å². The largest absolute Gasteiger partial charge is 0.477 e. The summed E-state index contributed by atoms with van der Waals surface area (Å²) in [6.45, 7) is 0.324. The molecule has 0 aliphatic carbocycles. The van der Waals surface area contributed by atoms with E-state index in [1.807, 2.05) is 0 Å². The molecule has 11 nitrogen and oxygen atoms in total. The quantitative estimate of drug-likeness (QED) is 0.279. The fourth-order valence-corrected chi connectivity index (χ4v) is 6.49. The van der Waals surface area contributed by atoms with Gasteiger partial charge in [-0.25, -0.2) is 22.5 Å². The highest BCUT2D eigenvalue weighted by molar-refractivity contribution is 7.91. The third-order valence-electron chi connectivity index (χ3n) is 7.43. The molecule has 0 N–H and O–H groups in total. The van der Waals surface area contributed by atoms with Crippen LogP contribution in [0.25, 0.3) is 33.2 Å². The first-order valence-electron chi connectivity index (χ1n) is 14.7. The highest BCUT2D eigenvalue weighted by Gasteiger charge is 2.35. The zero-order valence-corrected chi connectivity index (χ0v) is 23.5. The summed E-state index contributed by atoms with van der Waals surface area (Å²) >= 11 is 0. The van der Waals surface area contributed by atoms with Gasteiger partial charge in [0.2, 0.25) is 5.88 Å². The molecule has 0 amide bonds. The topological polar surface area (TPSA) is 127 Å². The van der Waals surface area contributed by atoms with Crippen LogP contribution in [0.5, 0.6) is 5.88 Å². The molecule has 13 heteroatoms. The van der Waals surface area contributed by atoms with E-state index in [1.165, 1.54) is 35.4 Å². The molecule has 1 fully saturated rings. The molecular weight excluding hydrogens is 549 g/mol. The number of aryl methyl sites for hydroxylation is 2. The molecule has 1 aliphatic rings. The molecule has 41 heavy (non-hydrogen) atoms. The zero-order valence-electron chi connectivity index (χ0n) is 25.7. The summed E-state index contributed by atoms with van der Waals surface area (Å²) < 4.78 is 81.0. The van der Waals surface area contributed by atoms with Gasteiger partial charge in [0.1, 0.15) is 16.2 Å². The molecule has 0 radical (unpaired) electrons. The van der Waals surface area contributed by atoms with E-state index in [0.717, 1.165) is 6.26 Å². The van der Waals surface area contributed by atoms with Crippen molar-refractivity contribution in [3.63, 3.8) is 0 Å². The molecule has 0 bridgehead atoms. The first-order valence-corrected chi connectivity index (χ1v) is 15.0. The standard InChI is InChI=1S/C28H30FN7O4S/c1-5-40-28-22-24-20(13-18(14-31-24)25-16(2)33-34-35(25)3)36(27(22)21(15-32-28)41(4,37)38)26(17-8-11-39-12-9-17)23-19(29)7-6-10-30-23/h6-7,10,13-15,17,26H,5,8-9,11-12H2,1-4H3/i2D3. The minimum atomic E-state index is -3.88. The number of ether oxygens (including phenoxy) is 2. The number of hydrogen-bond donors (Lipinski definition) is 0. The Kier molecular flexibility index (Phi) is 6.05. The maximum atomic E-state index is 15.7. The second-order valence-corrected chi connectivity index (χ2v) is 12.0. The lowest BCUT2D eigenvalue weighted by atomic mass is 9.88. The van der Waals surface area contributed by atoms with Crippen LogP contribution in [0.3, 0.4) is 0 Å². The van der Waals surface area contributed by atoms with Crippen LogP contribution in [0, 0.1) is 18.6 Å². The summed E-state index contributed by atoms with van der Waals surface area (Å²) in [6, 6.07) is 3.73. The fraction of sp³-hybridized carbons (Fsp3) is 0.393. The van der Waals surface area contributed by atoms with Gasteiger partial charge in [0.25, 0.3) is 0 Å². The SMILES string of the molecule is [2H]C([2H])([2H])c1nnn(C)c1-c1cnc2c3c(OCC)ncc(S(C)(=O)=O)c3n(C(c3ncccc3F)C3CCOCC3)c2c1. The Bertz CT molecular complexity index is 1990. The second kappa shape index (κ2) is 10.5. The van der Waals surface area contributed by atoms with Gasteiger partial charge < -0.3 is 14.0 Å². The molecule has 5 aromatic heterocycles. The molecule has 1 unspecified atom stereocenters. The van der Waals surface area contributed by atoms with E-state index in [9.17, 15) is 8.42 Å². The number of halogens is 1. The van der Waals surface area contributed by atoms with Gasteiger partial charge in [0.15, 0.2) is 9.84 Å². The van der Waals surface area contributed by atoms with Crippen LogP contribution >= 0.6 is 0 Å².